The van der Waals surface area contributed by atoms with Crippen LogP contribution in [0, 0.1) is 0 Å². The van der Waals surface area contributed by atoms with Gasteiger partial charge in [0.25, 0.3) is 5.91 Å². The standard InChI is InChI=1S/C23H26N2O6/c1-4-19(26)31-21-18(29-3)11-12-24-20(21)22(27)25-14(2)23(28)30-17-10-9-15-7-5-6-8-16(15)13-17/h5-8,11-12,14,17H,4,9-10,13H2,1-3H3,(H,25,27)/t14-,17?/m0/s1. The van der Waals surface area contributed by atoms with E-state index in [1.54, 1.807) is 6.92 Å². The van der Waals surface area contributed by atoms with Gasteiger partial charge in [0.1, 0.15) is 12.1 Å². The lowest BCUT2D eigenvalue weighted by molar-refractivity contribution is -0.151. The first-order chi connectivity index (χ1) is 14.9. The van der Waals surface area contributed by atoms with Crippen molar-refractivity contribution in [1.29, 1.82) is 0 Å². The first-order valence-corrected chi connectivity index (χ1v) is 10.2. The zero-order chi connectivity index (χ0) is 22.4. The summed E-state index contributed by atoms with van der Waals surface area (Å²) in [7, 11) is 1.39. The number of hydrogen-bond donors (Lipinski definition) is 1. The van der Waals surface area contributed by atoms with Crippen molar-refractivity contribution in [2.75, 3.05) is 7.11 Å². The van der Waals surface area contributed by atoms with E-state index in [-0.39, 0.29) is 29.7 Å². The Labute approximate surface area is 180 Å². The molecule has 1 aromatic heterocycles. The highest BCUT2D eigenvalue weighted by Crippen LogP contribution is 2.30. The summed E-state index contributed by atoms with van der Waals surface area (Å²) in [5.74, 6) is -1.63. The Hall–Kier alpha value is -3.42. The van der Waals surface area contributed by atoms with E-state index >= 15 is 0 Å². The number of nitrogens with one attached hydrogen (secondary N) is 1. The van der Waals surface area contributed by atoms with Gasteiger partial charge in [-0.25, -0.2) is 9.78 Å². The second-order valence-corrected chi connectivity index (χ2v) is 7.28. The number of fused-ring (bicyclic) bond motifs is 1. The molecule has 0 saturated carbocycles. The molecule has 8 nitrogen and oxygen atoms in total. The van der Waals surface area contributed by atoms with Crippen LogP contribution < -0.4 is 14.8 Å². The fourth-order valence-electron chi connectivity index (χ4n) is 3.39. The van der Waals surface area contributed by atoms with Gasteiger partial charge in [0.05, 0.1) is 7.11 Å². The fraction of sp³-hybridized carbons (Fsp3) is 0.391. The zero-order valence-electron chi connectivity index (χ0n) is 17.8. The van der Waals surface area contributed by atoms with E-state index in [0.717, 1.165) is 12.8 Å². The molecule has 0 bridgehead atoms. The lowest BCUT2D eigenvalue weighted by atomic mass is 9.90. The molecule has 31 heavy (non-hydrogen) atoms. The Morgan fingerprint density at radius 3 is 2.65 bits per heavy atom. The minimum absolute atomic E-state index is 0.0844. The molecule has 1 heterocycles. The van der Waals surface area contributed by atoms with E-state index in [1.165, 1.54) is 37.4 Å². The van der Waals surface area contributed by atoms with E-state index in [0.29, 0.717) is 6.42 Å². The SMILES string of the molecule is CCC(=O)Oc1c(OC)ccnc1C(=O)N[C@@H](C)C(=O)OC1CCc2ccccc2C1. The maximum atomic E-state index is 12.7. The quantitative estimate of drug-likeness (QED) is 0.679. The molecule has 0 aliphatic heterocycles. The van der Waals surface area contributed by atoms with Crippen LogP contribution in [-0.4, -0.2) is 42.1 Å². The molecule has 1 aliphatic rings. The van der Waals surface area contributed by atoms with E-state index in [1.807, 2.05) is 18.2 Å². The monoisotopic (exact) mass is 426 g/mol. The van der Waals surface area contributed by atoms with Gasteiger partial charge in [0, 0.05) is 25.1 Å². The Morgan fingerprint density at radius 1 is 1.19 bits per heavy atom. The van der Waals surface area contributed by atoms with Crippen molar-refractivity contribution in [3.8, 4) is 11.5 Å². The van der Waals surface area contributed by atoms with Crippen molar-refractivity contribution < 1.29 is 28.6 Å². The van der Waals surface area contributed by atoms with Crippen molar-refractivity contribution in [3.63, 3.8) is 0 Å². The van der Waals surface area contributed by atoms with Gasteiger partial charge in [-0.1, -0.05) is 31.2 Å². The first-order valence-electron chi connectivity index (χ1n) is 10.2. The number of carbonyl (C=O) groups excluding carboxylic acids is 3. The van der Waals surface area contributed by atoms with E-state index < -0.39 is 23.9 Å². The van der Waals surface area contributed by atoms with Crippen molar-refractivity contribution in [1.82, 2.24) is 10.3 Å². The van der Waals surface area contributed by atoms with Crippen LogP contribution in [0.15, 0.2) is 36.5 Å². The number of carbonyl (C=O) groups is 3. The Morgan fingerprint density at radius 2 is 1.94 bits per heavy atom. The molecule has 2 atom stereocenters. The molecule has 1 amide bonds. The van der Waals surface area contributed by atoms with Crippen LogP contribution in [0.5, 0.6) is 11.5 Å². The molecule has 0 radical (unpaired) electrons. The van der Waals surface area contributed by atoms with Crippen LogP contribution in [0.4, 0.5) is 0 Å². The van der Waals surface area contributed by atoms with Gasteiger partial charge >= 0.3 is 11.9 Å². The Bertz CT molecular complexity index is 974. The van der Waals surface area contributed by atoms with Gasteiger partial charge in [0.2, 0.25) is 5.75 Å². The minimum atomic E-state index is -0.910. The maximum Gasteiger partial charge on any atom is 0.328 e. The highest BCUT2D eigenvalue weighted by Gasteiger charge is 2.27. The average Bonchev–Trinajstić information content (AvgIpc) is 2.78. The highest BCUT2D eigenvalue weighted by molar-refractivity contribution is 5.98. The number of esters is 2. The number of aryl methyl sites for hydroxylation is 1. The number of amides is 1. The van der Waals surface area contributed by atoms with Gasteiger partial charge in [-0.3, -0.25) is 9.59 Å². The number of nitrogens with zero attached hydrogens (tertiary/aromatic N) is 1. The number of aromatic nitrogens is 1. The third-order valence-corrected chi connectivity index (χ3v) is 5.09. The second kappa shape index (κ2) is 10.1. The molecule has 0 spiro atoms. The van der Waals surface area contributed by atoms with Gasteiger partial charge < -0.3 is 19.5 Å². The molecule has 164 valence electrons. The summed E-state index contributed by atoms with van der Waals surface area (Å²) < 4.78 is 16.0. The first kappa shape index (κ1) is 22.3. The van der Waals surface area contributed by atoms with Crippen molar-refractivity contribution in [3.05, 3.63) is 53.3 Å². The summed E-state index contributed by atoms with van der Waals surface area (Å²) in [6.07, 6.45) is 3.47. The van der Waals surface area contributed by atoms with Crippen LogP contribution in [-0.2, 0) is 27.2 Å². The topological polar surface area (TPSA) is 104 Å². The van der Waals surface area contributed by atoms with Crippen LogP contribution in [0.3, 0.4) is 0 Å². The summed E-state index contributed by atoms with van der Waals surface area (Å²) in [6.45, 7) is 3.17. The Balaban J connectivity index is 1.65. The molecular weight excluding hydrogens is 400 g/mol. The largest absolute Gasteiger partial charge is 0.493 e. The normalized spacial score (nSPS) is 15.9. The van der Waals surface area contributed by atoms with Gasteiger partial charge in [-0.2, -0.15) is 0 Å². The fourth-order valence-corrected chi connectivity index (χ4v) is 3.39. The van der Waals surface area contributed by atoms with Crippen molar-refractivity contribution in [2.45, 2.75) is 51.7 Å². The van der Waals surface area contributed by atoms with Crippen molar-refractivity contribution in [2.24, 2.45) is 0 Å². The summed E-state index contributed by atoms with van der Waals surface area (Å²) in [5, 5.41) is 2.56. The molecule has 0 fully saturated rings. The smallest absolute Gasteiger partial charge is 0.328 e. The van der Waals surface area contributed by atoms with Gasteiger partial charge in [-0.05, 0) is 30.9 Å². The third kappa shape index (κ3) is 5.39. The van der Waals surface area contributed by atoms with E-state index in [4.69, 9.17) is 14.2 Å². The summed E-state index contributed by atoms with van der Waals surface area (Å²) in [5.41, 5.74) is 2.30. The number of ether oxygens (including phenoxy) is 3. The number of benzene rings is 1. The lowest BCUT2D eigenvalue weighted by Gasteiger charge is -2.26. The molecule has 2 aromatic rings. The summed E-state index contributed by atoms with van der Waals surface area (Å²) >= 11 is 0. The van der Waals surface area contributed by atoms with Crippen LogP contribution in [0.2, 0.25) is 0 Å². The van der Waals surface area contributed by atoms with Crippen LogP contribution in [0.1, 0.15) is 48.3 Å². The molecule has 1 unspecified atom stereocenters. The van der Waals surface area contributed by atoms with Crippen LogP contribution >= 0.6 is 0 Å². The maximum absolute atomic E-state index is 12.7. The van der Waals surface area contributed by atoms with Gasteiger partial charge in [0.15, 0.2) is 11.4 Å². The Kier molecular flexibility index (Phi) is 7.23. The molecule has 1 aliphatic carbocycles. The predicted molar refractivity (Wildman–Crippen MR) is 112 cm³/mol. The summed E-state index contributed by atoms with van der Waals surface area (Å²) in [6, 6.07) is 8.66. The molecule has 3 rings (SSSR count). The number of hydrogen-bond acceptors (Lipinski definition) is 7. The zero-order valence-corrected chi connectivity index (χ0v) is 17.8. The molecule has 0 saturated heterocycles. The summed E-state index contributed by atoms with van der Waals surface area (Å²) in [4.78, 5) is 41.1. The predicted octanol–water partition coefficient (Wildman–Crippen LogP) is 2.62. The van der Waals surface area contributed by atoms with Crippen molar-refractivity contribution >= 4 is 17.8 Å². The van der Waals surface area contributed by atoms with E-state index in [2.05, 4.69) is 16.4 Å². The molecular formula is C23H26N2O6. The number of rotatable bonds is 7. The van der Waals surface area contributed by atoms with E-state index in [9.17, 15) is 14.4 Å². The molecule has 1 aromatic carbocycles. The number of pyridine rings is 1. The number of methoxy groups -OCH3 is 1. The van der Waals surface area contributed by atoms with Crippen LogP contribution in [0.25, 0.3) is 0 Å². The highest BCUT2D eigenvalue weighted by atomic mass is 16.6. The lowest BCUT2D eigenvalue weighted by Crippen LogP contribution is -2.42. The van der Waals surface area contributed by atoms with Gasteiger partial charge in [-0.15, -0.1) is 0 Å². The second-order valence-electron chi connectivity index (χ2n) is 7.28. The molecule has 8 heteroatoms. The average molecular weight is 426 g/mol. The third-order valence-electron chi connectivity index (χ3n) is 5.09. The molecule has 1 N–H and O–H groups in total. The minimum Gasteiger partial charge on any atom is -0.493 e.